The number of piperidine rings is 2. The van der Waals surface area contributed by atoms with Gasteiger partial charge in [0.25, 0.3) is 0 Å². The molecule has 2 rings (SSSR count). The molecule has 2 fully saturated rings. The van der Waals surface area contributed by atoms with Crippen LogP contribution in [0.25, 0.3) is 0 Å². The van der Waals surface area contributed by atoms with Crippen LogP contribution in [-0.4, -0.2) is 71.2 Å². The van der Waals surface area contributed by atoms with Crippen LogP contribution in [0.1, 0.15) is 32.1 Å². The van der Waals surface area contributed by atoms with Crippen molar-refractivity contribution in [1.29, 1.82) is 0 Å². The van der Waals surface area contributed by atoms with Crippen LogP contribution in [0, 0.1) is 11.8 Å². The number of aliphatic carboxylic acids is 2. The average Bonchev–Trinajstić information content (AvgIpc) is 2.46. The number of hydrogen-bond acceptors (Lipinski definition) is 4. The lowest BCUT2D eigenvalue weighted by atomic mass is 9.85. The number of hydrogen-bond donors (Lipinski definition) is 2. The molecule has 0 saturated carbocycles. The van der Waals surface area contributed by atoms with E-state index in [-0.39, 0.29) is 0 Å². The summed E-state index contributed by atoms with van der Waals surface area (Å²) in [6.45, 7) is 3.06. The summed E-state index contributed by atoms with van der Waals surface area (Å²) in [5.41, 5.74) is 0. The van der Waals surface area contributed by atoms with Gasteiger partial charge in [-0.2, -0.15) is 0 Å². The van der Waals surface area contributed by atoms with E-state index in [1.807, 2.05) is 0 Å². The van der Waals surface area contributed by atoms with E-state index in [4.69, 9.17) is 5.11 Å². The minimum atomic E-state index is -0.984. The number of carboxylic acids is 2. The van der Waals surface area contributed by atoms with Crippen LogP contribution in [0.4, 0.5) is 0 Å². The topological polar surface area (TPSA) is 81.1 Å². The van der Waals surface area contributed by atoms with Crippen molar-refractivity contribution in [2.75, 3.05) is 33.2 Å². The van der Waals surface area contributed by atoms with E-state index in [1.54, 1.807) is 0 Å². The highest BCUT2D eigenvalue weighted by Crippen LogP contribution is 2.25. The Bertz CT molecular complexity index is 388. The molecule has 0 amide bonds. The number of carboxylic acid groups (broad SMARTS) is 2. The van der Waals surface area contributed by atoms with Gasteiger partial charge < -0.3 is 20.0 Å². The molecule has 0 aromatic rings. The summed E-state index contributed by atoms with van der Waals surface area (Å²) >= 11 is 0. The minimum absolute atomic E-state index is 0.364. The summed E-state index contributed by atoms with van der Waals surface area (Å²) in [6, 6.07) is 0.583. The van der Waals surface area contributed by atoms with E-state index in [9.17, 15) is 14.7 Å². The highest BCUT2D eigenvalue weighted by atomic mass is 16.4. The summed E-state index contributed by atoms with van der Waals surface area (Å²) in [5, 5.41) is 18.4. The lowest BCUT2D eigenvalue weighted by Gasteiger charge is -2.37. The second-order valence-electron chi connectivity index (χ2n) is 6.40. The van der Waals surface area contributed by atoms with Crippen LogP contribution >= 0.6 is 0 Å². The highest BCUT2D eigenvalue weighted by molar-refractivity contribution is 5.80. The lowest BCUT2D eigenvalue weighted by molar-refractivity contribution is -0.157. The molecule has 21 heavy (non-hydrogen) atoms. The Hall–Kier alpha value is -1.14. The summed E-state index contributed by atoms with van der Waals surface area (Å²) in [4.78, 5) is 26.9. The Labute approximate surface area is 125 Å². The predicted molar refractivity (Wildman–Crippen MR) is 78.2 cm³/mol. The Morgan fingerprint density at radius 3 is 2.38 bits per heavy atom. The highest BCUT2D eigenvalue weighted by Gasteiger charge is 2.38. The van der Waals surface area contributed by atoms with Crippen molar-refractivity contribution in [3.05, 3.63) is 0 Å². The van der Waals surface area contributed by atoms with Crippen molar-refractivity contribution < 1.29 is 19.8 Å². The number of likely N-dealkylation sites (tertiary alicyclic amines) is 2. The van der Waals surface area contributed by atoms with Gasteiger partial charge in [0.2, 0.25) is 0 Å². The summed E-state index contributed by atoms with van der Waals surface area (Å²) in [7, 11) is 2.15. The molecule has 0 aromatic heterocycles. The van der Waals surface area contributed by atoms with E-state index in [2.05, 4.69) is 16.8 Å². The third-order valence-electron chi connectivity index (χ3n) is 5.03. The second-order valence-corrected chi connectivity index (χ2v) is 6.40. The molecule has 0 spiro atoms. The maximum absolute atomic E-state index is 11.3. The maximum atomic E-state index is 11.3. The van der Waals surface area contributed by atoms with Gasteiger partial charge in [0.1, 0.15) is 0 Å². The van der Waals surface area contributed by atoms with Crippen molar-refractivity contribution in [3.63, 3.8) is 0 Å². The number of carbonyl (C=O) groups is 2. The van der Waals surface area contributed by atoms with Crippen molar-refractivity contribution in [2.24, 2.45) is 11.8 Å². The lowest BCUT2D eigenvalue weighted by Crippen LogP contribution is -2.48. The van der Waals surface area contributed by atoms with E-state index in [0.717, 1.165) is 19.5 Å². The monoisotopic (exact) mass is 298 g/mol. The predicted octanol–water partition coefficient (Wildman–Crippen LogP) is 0.968. The van der Waals surface area contributed by atoms with Gasteiger partial charge >= 0.3 is 11.9 Å². The Kier molecular flexibility index (Phi) is 5.58. The summed E-state index contributed by atoms with van der Waals surface area (Å²) < 4.78 is 0. The Morgan fingerprint density at radius 2 is 1.76 bits per heavy atom. The van der Waals surface area contributed by atoms with E-state index in [1.165, 1.54) is 19.3 Å². The zero-order chi connectivity index (χ0) is 15.4. The van der Waals surface area contributed by atoms with Gasteiger partial charge in [0.15, 0.2) is 0 Å². The van der Waals surface area contributed by atoms with Gasteiger partial charge in [-0.25, -0.2) is 0 Å². The quantitative estimate of drug-likeness (QED) is 0.787. The molecule has 2 heterocycles. The van der Waals surface area contributed by atoms with Gasteiger partial charge in [-0.15, -0.1) is 0 Å². The number of rotatable bonds is 5. The fraction of sp³-hybridized carbons (Fsp3) is 0.867. The zero-order valence-corrected chi connectivity index (χ0v) is 12.7. The third kappa shape index (κ3) is 4.17. The molecule has 3 atom stereocenters. The molecule has 0 radical (unpaired) electrons. The molecule has 2 aliphatic heterocycles. The molecule has 0 aliphatic carbocycles. The standard InChI is InChI=1S/C15H26N2O4/c1-16-7-3-2-4-11(16)5-8-17-9-6-12(14(18)19)13(10-17)15(20)21/h11-13H,2-10H2,1H3,(H,18,19)(H,20,21). The summed E-state index contributed by atoms with van der Waals surface area (Å²) in [6.07, 6.45) is 5.23. The first-order valence-corrected chi connectivity index (χ1v) is 7.87. The molecule has 6 heteroatoms. The summed E-state index contributed by atoms with van der Waals surface area (Å²) in [5.74, 6) is -3.48. The van der Waals surface area contributed by atoms with Crippen LogP contribution in [-0.2, 0) is 9.59 Å². The van der Waals surface area contributed by atoms with E-state index < -0.39 is 23.8 Å². The fourth-order valence-electron chi connectivity index (χ4n) is 3.61. The zero-order valence-electron chi connectivity index (χ0n) is 12.7. The first-order chi connectivity index (χ1) is 9.99. The SMILES string of the molecule is CN1CCCCC1CCN1CCC(C(=O)O)C(C(=O)O)C1. The van der Waals surface area contributed by atoms with E-state index >= 15 is 0 Å². The van der Waals surface area contributed by atoms with Gasteiger partial charge in [0.05, 0.1) is 11.8 Å². The second kappa shape index (κ2) is 7.22. The van der Waals surface area contributed by atoms with Crippen LogP contribution in [0.15, 0.2) is 0 Å². The van der Waals surface area contributed by atoms with Gasteiger partial charge in [0, 0.05) is 12.6 Å². The molecule has 3 unspecified atom stereocenters. The first-order valence-electron chi connectivity index (χ1n) is 7.87. The maximum Gasteiger partial charge on any atom is 0.308 e. The fourth-order valence-corrected chi connectivity index (χ4v) is 3.61. The Balaban J connectivity index is 1.84. The van der Waals surface area contributed by atoms with Crippen molar-refractivity contribution >= 4 is 11.9 Å². The molecule has 120 valence electrons. The molecular weight excluding hydrogens is 272 g/mol. The third-order valence-corrected chi connectivity index (χ3v) is 5.03. The van der Waals surface area contributed by atoms with Crippen LogP contribution in [0.3, 0.4) is 0 Å². The molecule has 2 aliphatic rings. The van der Waals surface area contributed by atoms with Crippen molar-refractivity contribution in [2.45, 2.75) is 38.1 Å². The smallest absolute Gasteiger partial charge is 0.308 e. The normalized spacial score (nSPS) is 32.0. The van der Waals surface area contributed by atoms with E-state index in [0.29, 0.717) is 25.6 Å². The van der Waals surface area contributed by atoms with Gasteiger partial charge in [-0.05, 0) is 52.4 Å². The molecule has 0 bridgehead atoms. The van der Waals surface area contributed by atoms with Crippen LogP contribution < -0.4 is 0 Å². The van der Waals surface area contributed by atoms with Crippen LogP contribution in [0.2, 0.25) is 0 Å². The molecule has 2 saturated heterocycles. The van der Waals surface area contributed by atoms with Gasteiger partial charge in [-0.3, -0.25) is 9.59 Å². The van der Waals surface area contributed by atoms with Crippen molar-refractivity contribution in [3.8, 4) is 0 Å². The average molecular weight is 298 g/mol. The molecule has 2 N–H and O–H groups in total. The van der Waals surface area contributed by atoms with Crippen LogP contribution in [0.5, 0.6) is 0 Å². The van der Waals surface area contributed by atoms with Crippen molar-refractivity contribution in [1.82, 2.24) is 9.80 Å². The Morgan fingerprint density at radius 1 is 1.05 bits per heavy atom. The molecule has 0 aromatic carbocycles. The first kappa shape index (κ1) is 16.2. The minimum Gasteiger partial charge on any atom is -0.481 e. The van der Waals surface area contributed by atoms with Gasteiger partial charge in [-0.1, -0.05) is 6.42 Å². The number of nitrogens with zero attached hydrogens (tertiary/aromatic N) is 2. The molecular formula is C15H26N2O4. The largest absolute Gasteiger partial charge is 0.481 e. The molecule has 6 nitrogen and oxygen atoms in total.